The van der Waals surface area contributed by atoms with Gasteiger partial charge >= 0.3 is 5.97 Å². The van der Waals surface area contributed by atoms with Crippen molar-refractivity contribution in [2.24, 2.45) is 5.92 Å². The Labute approximate surface area is 96.9 Å². The van der Waals surface area contributed by atoms with Crippen molar-refractivity contribution in [1.82, 2.24) is 0 Å². The van der Waals surface area contributed by atoms with Gasteiger partial charge in [-0.1, -0.05) is 43.3 Å². The quantitative estimate of drug-likeness (QED) is 0.573. The van der Waals surface area contributed by atoms with Gasteiger partial charge in [-0.25, -0.2) is 4.79 Å². The first-order valence-corrected chi connectivity index (χ1v) is 5.44. The lowest BCUT2D eigenvalue weighted by Crippen LogP contribution is -2.05. The van der Waals surface area contributed by atoms with Crippen LogP contribution in [-0.4, -0.2) is 13.1 Å². The number of allylic oxidation sites excluding steroid dienone is 1. The summed E-state index contributed by atoms with van der Waals surface area (Å²) in [4.78, 5) is 11.2. The number of methoxy groups -OCH3 is 1. The van der Waals surface area contributed by atoms with E-state index >= 15 is 0 Å². The van der Waals surface area contributed by atoms with Gasteiger partial charge in [-0.15, -0.1) is 0 Å². The van der Waals surface area contributed by atoms with E-state index in [2.05, 4.69) is 23.8 Å². The van der Waals surface area contributed by atoms with Gasteiger partial charge in [0.2, 0.25) is 0 Å². The second kappa shape index (κ2) is 6.11. The summed E-state index contributed by atoms with van der Waals surface area (Å²) >= 11 is 0. The SMILES string of the molecule is COC(=O)/C(C)=C/[C@@H](C)Cc1ccccc1. The number of esters is 1. The topological polar surface area (TPSA) is 26.3 Å². The van der Waals surface area contributed by atoms with Crippen LogP contribution in [0.1, 0.15) is 19.4 Å². The Hall–Kier alpha value is -1.57. The molecule has 0 amide bonds. The summed E-state index contributed by atoms with van der Waals surface area (Å²) in [5.41, 5.74) is 1.95. The van der Waals surface area contributed by atoms with E-state index in [0.29, 0.717) is 11.5 Å². The highest BCUT2D eigenvalue weighted by Crippen LogP contribution is 2.11. The Kier molecular flexibility index (Phi) is 4.77. The molecule has 1 aromatic carbocycles. The summed E-state index contributed by atoms with van der Waals surface area (Å²) in [7, 11) is 1.40. The number of hydrogen-bond acceptors (Lipinski definition) is 2. The van der Waals surface area contributed by atoms with E-state index in [1.54, 1.807) is 6.92 Å². The first-order valence-electron chi connectivity index (χ1n) is 5.44. The van der Waals surface area contributed by atoms with Crippen LogP contribution in [0.15, 0.2) is 42.0 Å². The Morgan fingerprint density at radius 3 is 2.56 bits per heavy atom. The van der Waals surface area contributed by atoms with Crippen LogP contribution < -0.4 is 0 Å². The summed E-state index contributed by atoms with van der Waals surface area (Å²) in [6.45, 7) is 3.88. The molecule has 16 heavy (non-hydrogen) atoms. The van der Waals surface area contributed by atoms with Crippen molar-refractivity contribution in [3.8, 4) is 0 Å². The molecule has 0 saturated heterocycles. The smallest absolute Gasteiger partial charge is 0.333 e. The van der Waals surface area contributed by atoms with Gasteiger partial charge in [-0.3, -0.25) is 0 Å². The van der Waals surface area contributed by atoms with Crippen LogP contribution in [0.25, 0.3) is 0 Å². The summed E-state index contributed by atoms with van der Waals surface area (Å²) in [5.74, 6) is 0.0846. The van der Waals surface area contributed by atoms with Crippen LogP contribution in [0.3, 0.4) is 0 Å². The molecule has 0 unspecified atom stereocenters. The molecule has 2 nitrogen and oxygen atoms in total. The number of rotatable bonds is 4. The molecule has 1 rings (SSSR count). The van der Waals surface area contributed by atoms with Gasteiger partial charge in [-0.05, 0) is 24.8 Å². The first-order chi connectivity index (χ1) is 7.63. The molecule has 2 heteroatoms. The molecule has 0 aliphatic rings. The fraction of sp³-hybridized carbons (Fsp3) is 0.357. The summed E-state index contributed by atoms with van der Waals surface area (Å²) in [6, 6.07) is 10.2. The number of carbonyl (C=O) groups excluding carboxylic acids is 1. The minimum atomic E-state index is -0.250. The van der Waals surface area contributed by atoms with E-state index < -0.39 is 0 Å². The molecule has 1 aromatic rings. The number of ether oxygens (including phenoxy) is 1. The summed E-state index contributed by atoms with van der Waals surface area (Å²) in [6.07, 6.45) is 2.90. The first kappa shape index (κ1) is 12.5. The minimum absolute atomic E-state index is 0.250. The van der Waals surface area contributed by atoms with Gasteiger partial charge in [0.15, 0.2) is 0 Å². The average Bonchev–Trinajstić information content (AvgIpc) is 2.29. The molecule has 1 atom stereocenters. The maximum Gasteiger partial charge on any atom is 0.333 e. The minimum Gasteiger partial charge on any atom is -0.466 e. The molecule has 0 saturated carbocycles. The van der Waals surface area contributed by atoms with Crippen LogP contribution in [0, 0.1) is 5.92 Å². The zero-order valence-corrected chi connectivity index (χ0v) is 10.1. The molecule has 0 aliphatic carbocycles. The number of hydrogen-bond donors (Lipinski definition) is 0. The predicted molar refractivity (Wildman–Crippen MR) is 65.1 cm³/mol. The van der Waals surface area contributed by atoms with Crippen molar-refractivity contribution < 1.29 is 9.53 Å². The van der Waals surface area contributed by atoms with Crippen LogP contribution in [0.4, 0.5) is 0 Å². The third-order valence-electron chi connectivity index (χ3n) is 2.44. The van der Waals surface area contributed by atoms with Crippen molar-refractivity contribution in [2.75, 3.05) is 7.11 Å². The van der Waals surface area contributed by atoms with Crippen molar-refractivity contribution in [1.29, 1.82) is 0 Å². The van der Waals surface area contributed by atoms with Crippen LogP contribution in [-0.2, 0) is 16.0 Å². The number of carbonyl (C=O) groups is 1. The van der Waals surface area contributed by atoms with E-state index in [4.69, 9.17) is 0 Å². The lowest BCUT2D eigenvalue weighted by molar-refractivity contribution is -0.136. The van der Waals surface area contributed by atoms with Crippen molar-refractivity contribution >= 4 is 5.97 Å². The monoisotopic (exact) mass is 218 g/mol. The molecular weight excluding hydrogens is 200 g/mol. The van der Waals surface area contributed by atoms with E-state index in [1.165, 1.54) is 12.7 Å². The van der Waals surface area contributed by atoms with Crippen molar-refractivity contribution in [3.63, 3.8) is 0 Å². The normalized spacial score (nSPS) is 13.3. The zero-order chi connectivity index (χ0) is 12.0. The maximum absolute atomic E-state index is 11.2. The summed E-state index contributed by atoms with van der Waals surface area (Å²) in [5, 5.41) is 0. The lowest BCUT2D eigenvalue weighted by Gasteiger charge is -2.07. The van der Waals surface area contributed by atoms with E-state index in [0.717, 1.165) is 6.42 Å². The van der Waals surface area contributed by atoms with Crippen LogP contribution >= 0.6 is 0 Å². The van der Waals surface area contributed by atoms with Gasteiger partial charge in [0, 0.05) is 5.57 Å². The average molecular weight is 218 g/mol. The molecule has 0 bridgehead atoms. The third-order valence-corrected chi connectivity index (χ3v) is 2.44. The lowest BCUT2D eigenvalue weighted by atomic mass is 9.99. The highest BCUT2D eigenvalue weighted by atomic mass is 16.5. The standard InChI is InChI=1S/C14H18O2/c1-11(9-12(2)14(15)16-3)10-13-7-5-4-6-8-13/h4-9,11H,10H2,1-3H3/b12-9+/t11-/m1/s1. The molecule has 0 heterocycles. The van der Waals surface area contributed by atoms with Gasteiger partial charge in [-0.2, -0.15) is 0 Å². The third kappa shape index (κ3) is 3.89. The zero-order valence-electron chi connectivity index (χ0n) is 10.1. The van der Waals surface area contributed by atoms with Gasteiger partial charge < -0.3 is 4.74 Å². The van der Waals surface area contributed by atoms with Gasteiger partial charge in [0.25, 0.3) is 0 Å². The molecule has 0 aliphatic heterocycles. The second-order valence-electron chi connectivity index (χ2n) is 4.01. The molecule has 0 N–H and O–H groups in total. The Balaban J connectivity index is 2.60. The van der Waals surface area contributed by atoms with E-state index in [9.17, 15) is 4.79 Å². The largest absolute Gasteiger partial charge is 0.466 e. The van der Waals surface area contributed by atoms with Crippen LogP contribution in [0.5, 0.6) is 0 Å². The Morgan fingerprint density at radius 2 is 2.00 bits per heavy atom. The summed E-state index contributed by atoms with van der Waals surface area (Å²) < 4.78 is 4.66. The van der Waals surface area contributed by atoms with Gasteiger partial charge in [0.1, 0.15) is 0 Å². The Morgan fingerprint density at radius 1 is 1.38 bits per heavy atom. The fourth-order valence-electron chi connectivity index (χ4n) is 1.70. The molecule has 0 fully saturated rings. The fourth-order valence-corrected chi connectivity index (χ4v) is 1.70. The molecule has 0 aromatic heterocycles. The maximum atomic E-state index is 11.2. The van der Waals surface area contributed by atoms with E-state index in [-0.39, 0.29) is 5.97 Å². The Bertz CT molecular complexity index is 366. The predicted octanol–water partition coefficient (Wildman–Crippen LogP) is 2.98. The van der Waals surface area contributed by atoms with Crippen molar-refractivity contribution in [2.45, 2.75) is 20.3 Å². The molecule has 0 spiro atoms. The highest BCUT2D eigenvalue weighted by molar-refractivity contribution is 5.87. The molecule has 0 radical (unpaired) electrons. The van der Waals surface area contributed by atoms with Gasteiger partial charge in [0.05, 0.1) is 7.11 Å². The number of benzene rings is 1. The van der Waals surface area contributed by atoms with Crippen LogP contribution in [0.2, 0.25) is 0 Å². The molecule has 86 valence electrons. The molecular formula is C14H18O2. The second-order valence-corrected chi connectivity index (χ2v) is 4.01. The van der Waals surface area contributed by atoms with Crippen molar-refractivity contribution in [3.05, 3.63) is 47.5 Å². The van der Waals surface area contributed by atoms with E-state index in [1.807, 2.05) is 24.3 Å². The highest BCUT2D eigenvalue weighted by Gasteiger charge is 2.06.